The summed E-state index contributed by atoms with van der Waals surface area (Å²) in [4.78, 5) is 27.0. The van der Waals surface area contributed by atoms with Crippen molar-refractivity contribution in [3.8, 4) is 11.1 Å². The number of hydrogen-bond acceptors (Lipinski definition) is 4. The van der Waals surface area contributed by atoms with Crippen LogP contribution < -0.4 is 4.90 Å². The minimum absolute atomic E-state index is 0.0313. The molecule has 0 aliphatic carbocycles. The Bertz CT molecular complexity index is 1140. The molecule has 1 aromatic heterocycles. The van der Waals surface area contributed by atoms with E-state index >= 15 is 0 Å². The number of imide groups is 1. The van der Waals surface area contributed by atoms with Gasteiger partial charge in [0.2, 0.25) is 0 Å². The van der Waals surface area contributed by atoms with Crippen LogP contribution in [-0.4, -0.2) is 37.2 Å². The van der Waals surface area contributed by atoms with Gasteiger partial charge < -0.3 is 14.0 Å². The number of benzene rings is 2. The molecule has 0 saturated heterocycles. The molecule has 10 heteroatoms. The largest absolute Gasteiger partial charge is 0.418 e. The van der Waals surface area contributed by atoms with Crippen molar-refractivity contribution >= 4 is 17.5 Å². The Balaban J connectivity index is 2.18. The van der Waals surface area contributed by atoms with Crippen molar-refractivity contribution in [1.82, 2.24) is 4.57 Å². The average molecular weight is 464 g/mol. The van der Waals surface area contributed by atoms with Gasteiger partial charge in [-0.3, -0.25) is 9.59 Å². The van der Waals surface area contributed by atoms with Gasteiger partial charge in [-0.25, -0.2) is 9.29 Å². The van der Waals surface area contributed by atoms with E-state index in [0.29, 0.717) is 16.0 Å². The van der Waals surface area contributed by atoms with Gasteiger partial charge >= 0.3 is 6.18 Å². The summed E-state index contributed by atoms with van der Waals surface area (Å²) >= 11 is 0. The zero-order valence-electron chi connectivity index (χ0n) is 17.7. The number of nitrogens with zero attached hydrogens (tertiary/aromatic N) is 2. The average Bonchev–Trinajstić information content (AvgIpc) is 3.20. The number of methoxy groups -OCH3 is 2. The Morgan fingerprint density at radius 2 is 1.64 bits per heavy atom. The maximum Gasteiger partial charge on any atom is 0.418 e. The fraction of sp³-hybridized carbons (Fsp3) is 0.217. The van der Waals surface area contributed by atoms with Crippen LogP contribution in [0.5, 0.6) is 0 Å². The molecule has 2 aromatic carbocycles. The lowest BCUT2D eigenvalue weighted by atomic mass is 10.0. The number of amides is 2. The first-order valence-corrected chi connectivity index (χ1v) is 9.64. The highest BCUT2D eigenvalue weighted by Gasteiger charge is 2.39. The summed E-state index contributed by atoms with van der Waals surface area (Å²) in [6.45, 7) is -0.780. The summed E-state index contributed by atoms with van der Waals surface area (Å²) in [6, 6.07) is 11.4. The molecule has 0 atom stereocenters. The summed E-state index contributed by atoms with van der Waals surface area (Å²) < 4.78 is 65.2. The quantitative estimate of drug-likeness (QED) is 0.474. The minimum Gasteiger partial charge on any atom is -0.375 e. The molecular weight excluding hydrogens is 444 g/mol. The third kappa shape index (κ3) is 5.29. The third-order valence-corrected chi connectivity index (χ3v) is 4.71. The molecule has 0 saturated carbocycles. The molecule has 2 amide bonds. The van der Waals surface area contributed by atoms with Gasteiger partial charge in [0.15, 0.2) is 0 Å². The second-order valence-corrected chi connectivity index (χ2v) is 7.01. The molecule has 0 bridgehead atoms. The van der Waals surface area contributed by atoms with Crippen LogP contribution in [0.3, 0.4) is 0 Å². The number of ether oxygens (including phenoxy) is 2. The van der Waals surface area contributed by atoms with Crippen molar-refractivity contribution < 1.29 is 36.6 Å². The molecule has 0 aliphatic heterocycles. The third-order valence-electron chi connectivity index (χ3n) is 4.71. The van der Waals surface area contributed by atoms with E-state index in [4.69, 9.17) is 9.47 Å². The Morgan fingerprint density at radius 1 is 0.970 bits per heavy atom. The highest BCUT2D eigenvalue weighted by Crippen LogP contribution is 2.36. The normalized spacial score (nSPS) is 11.5. The van der Waals surface area contributed by atoms with Crippen LogP contribution in [0.1, 0.15) is 15.9 Å². The molecule has 0 spiro atoms. The lowest BCUT2D eigenvalue weighted by Crippen LogP contribution is -2.40. The van der Waals surface area contributed by atoms with Crippen molar-refractivity contribution in [2.75, 3.05) is 25.7 Å². The van der Waals surface area contributed by atoms with Gasteiger partial charge in [-0.05, 0) is 23.8 Å². The van der Waals surface area contributed by atoms with Gasteiger partial charge in [-0.15, -0.1) is 0 Å². The number of carbonyl (C=O) groups excluding carboxylic acids is 2. The fourth-order valence-electron chi connectivity index (χ4n) is 3.34. The smallest absolute Gasteiger partial charge is 0.375 e. The van der Waals surface area contributed by atoms with Gasteiger partial charge in [0.25, 0.3) is 11.8 Å². The summed E-state index contributed by atoms with van der Waals surface area (Å²) in [7, 11) is 2.52. The summed E-state index contributed by atoms with van der Waals surface area (Å²) in [5.74, 6) is -2.55. The van der Waals surface area contributed by atoms with Gasteiger partial charge in [-0.1, -0.05) is 30.3 Å². The number of hydrogen-bond donors (Lipinski definition) is 0. The van der Waals surface area contributed by atoms with Crippen LogP contribution in [0.2, 0.25) is 0 Å². The monoisotopic (exact) mass is 464 g/mol. The van der Waals surface area contributed by atoms with Gasteiger partial charge in [-0.2, -0.15) is 13.2 Å². The van der Waals surface area contributed by atoms with E-state index in [1.165, 1.54) is 50.6 Å². The second kappa shape index (κ2) is 9.97. The van der Waals surface area contributed by atoms with Crippen molar-refractivity contribution in [2.24, 2.45) is 0 Å². The summed E-state index contributed by atoms with van der Waals surface area (Å²) in [5.41, 5.74) is -1.09. The first-order valence-electron chi connectivity index (χ1n) is 9.64. The highest BCUT2D eigenvalue weighted by atomic mass is 19.4. The molecule has 3 rings (SSSR count). The topological polar surface area (TPSA) is 60.8 Å². The summed E-state index contributed by atoms with van der Waals surface area (Å²) in [5, 5.41) is 0. The van der Waals surface area contributed by atoms with E-state index < -0.39 is 41.5 Å². The van der Waals surface area contributed by atoms with E-state index in [2.05, 4.69) is 0 Å². The van der Waals surface area contributed by atoms with Crippen molar-refractivity contribution in [1.29, 1.82) is 0 Å². The number of carbonyl (C=O) groups is 2. The Kier molecular flexibility index (Phi) is 7.29. The fourth-order valence-corrected chi connectivity index (χ4v) is 3.34. The molecule has 6 nitrogen and oxygen atoms in total. The number of para-hydroxylation sites is 1. The van der Waals surface area contributed by atoms with Crippen LogP contribution in [-0.2, 0) is 27.2 Å². The maximum atomic E-state index is 13.7. The Labute approximate surface area is 186 Å². The number of rotatable bonds is 7. The van der Waals surface area contributed by atoms with Crippen LogP contribution >= 0.6 is 0 Å². The lowest BCUT2D eigenvalue weighted by molar-refractivity contribution is -0.138. The molecule has 0 unspecified atom stereocenters. The minimum atomic E-state index is -4.85. The van der Waals surface area contributed by atoms with Gasteiger partial charge in [0.1, 0.15) is 19.2 Å². The Morgan fingerprint density at radius 3 is 2.24 bits per heavy atom. The van der Waals surface area contributed by atoms with Crippen LogP contribution in [0.4, 0.5) is 23.2 Å². The highest BCUT2D eigenvalue weighted by molar-refractivity contribution is 6.23. The molecule has 0 aliphatic rings. The van der Waals surface area contributed by atoms with E-state index in [9.17, 15) is 27.2 Å². The molecule has 0 N–H and O–H groups in total. The predicted octanol–water partition coefficient (Wildman–Crippen LogP) is 4.74. The van der Waals surface area contributed by atoms with E-state index in [1.807, 2.05) is 0 Å². The molecule has 174 valence electrons. The standard InChI is InChI=1S/C23H20F4N2O4/c1-32-13-21(30)29(20-6-4-3-5-17(20)15-7-9-16(24)10-8-15)22(31)18-11-28(14-33-2)12-19(18)23(25,26)27/h3-12H,13-14H2,1-2H3. The number of aromatic nitrogens is 1. The lowest BCUT2D eigenvalue weighted by Gasteiger charge is -2.24. The number of alkyl halides is 3. The van der Waals surface area contributed by atoms with Crippen molar-refractivity contribution in [3.63, 3.8) is 0 Å². The molecule has 0 radical (unpaired) electrons. The first-order chi connectivity index (χ1) is 15.7. The zero-order chi connectivity index (χ0) is 24.2. The summed E-state index contributed by atoms with van der Waals surface area (Å²) in [6.07, 6.45) is -3.14. The van der Waals surface area contributed by atoms with Gasteiger partial charge in [0, 0.05) is 32.2 Å². The number of halogens is 4. The maximum absolute atomic E-state index is 13.7. The van der Waals surface area contributed by atoms with E-state index in [1.54, 1.807) is 12.1 Å². The molecule has 3 aromatic rings. The van der Waals surface area contributed by atoms with Crippen molar-refractivity contribution in [2.45, 2.75) is 12.9 Å². The molecule has 1 heterocycles. The predicted molar refractivity (Wildman–Crippen MR) is 112 cm³/mol. The van der Waals surface area contributed by atoms with Gasteiger partial charge in [0.05, 0.1) is 16.8 Å². The van der Waals surface area contributed by atoms with Crippen molar-refractivity contribution in [3.05, 3.63) is 77.9 Å². The van der Waals surface area contributed by atoms with Crippen LogP contribution in [0, 0.1) is 5.82 Å². The molecule has 0 fully saturated rings. The Hall–Kier alpha value is -3.50. The SMILES string of the molecule is COCC(=O)N(C(=O)c1cn(COC)cc1C(F)(F)F)c1ccccc1-c1ccc(F)cc1. The van der Waals surface area contributed by atoms with E-state index in [0.717, 1.165) is 17.0 Å². The molecular formula is C23H20F4N2O4. The molecule has 33 heavy (non-hydrogen) atoms. The second-order valence-electron chi connectivity index (χ2n) is 7.01. The number of anilines is 1. The van der Waals surface area contributed by atoms with Crippen LogP contribution in [0.25, 0.3) is 11.1 Å². The first kappa shape index (κ1) is 24.1. The zero-order valence-corrected chi connectivity index (χ0v) is 17.7. The van der Waals surface area contributed by atoms with Crippen LogP contribution in [0.15, 0.2) is 60.9 Å². The van der Waals surface area contributed by atoms with E-state index in [-0.39, 0.29) is 12.4 Å².